The van der Waals surface area contributed by atoms with E-state index in [1.807, 2.05) is 20.8 Å². The predicted octanol–water partition coefficient (Wildman–Crippen LogP) is 5.94. The molecule has 0 aliphatic heterocycles. The predicted molar refractivity (Wildman–Crippen MR) is 129 cm³/mol. The van der Waals surface area contributed by atoms with Crippen molar-refractivity contribution in [3.63, 3.8) is 0 Å². The van der Waals surface area contributed by atoms with Gasteiger partial charge in [0.15, 0.2) is 5.06 Å². The highest BCUT2D eigenvalue weighted by atomic mass is 32.2. The molecule has 0 atom stereocenters. The zero-order valence-electron chi connectivity index (χ0n) is 19.5. The van der Waals surface area contributed by atoms with Gasteiger partial charge < -0.3 is 9.84 Å². The summed E-state index contributed by atoms with van der Waals surface area (Å²) in [7, 11) is -4.50. The second-order valence-electron chi connectivity index (χ2n) is 8.99. The van der Waals surface area contributed by atoms with Gasteiger partial charge in [0.2, 0.25) is 5.78 Å². The Balaban J connectivity index is 1.96. The maximum absolute atomic E-state index is 13.8. The number of carboxylic acid groups (broad SMARTS) is 1. The zero-order chi connectivity index (χ0) is 27.3. The second-order valence-corrected chi connectivity index (χ2v) is 11.8. The Labute approximate surface area is 213 Å². The van der Waals surface area contributed by atoms with E-state index in [0.29, 0.717) is 26.9 Å². The number of alkyl halides is 3. The third-order valence-corrected chi connectivity index (χ3v) is 8.05. The Morgan fingerprint density at radius 3 is 2.35 bits per heavy atom. The van der Waals surface area contributed by atoms with Crippen LogP contribution < -0.4 is 4.74 Å². The van der Waals surface area contributed by atoms with Crippen molar-refractivity contribution in [2.75, 3.05) is 0 Å². The molecule has 0 spiro atoms. The van der Waals surface area contributed by atoms with E-state index in [2.05, 4.69) is 9.72 Å². The minimum absolute atomic E-state index is 0.0880. The number of benzene rings is 1. The second kappa shape index (κ2) is 8.99. The fraction of sp³-hybridized carbons (Fsp3) is 0.208. The average molecular weight is 553 g/mol. The number of rotatable bonds is 5. The topological polar surface area (TPSA) is 116 Å². The highest BCUT2D eigenvalue weighted by molar-refractivity contribution is 7.90. The van der Waals surface area contributed by atoms with Crippen LogP contribution in [0.3, 0.4) is 0 Å². The summed E-state index contributed by atoms with van der Waals surface area (Å²) in [6.45, 7) is 5.65. The molecule has 0 bridgehead atoms. The fourth-order valence-electron chi connectivity index (χ4n) is 3.58. The SMILES string of the molecule is CC(C)(C)c1cccc(S(=O)(=O)n2c(C(=O)c3ccc(OC(=O)O)s3)cc3nc(C(F)(F)F)ccc32)c1. The number of carbonyl (C=O) groups excluding carboxylic acids is 1. The average Bonchev–Trinajstić information content (AvgIpc) is 3.41. The number of aromatic nitrogens is 2. The lowest BCUT2D eigenvalue weighted by Crippen LogP contribution is -2.20. The summed E-state index contributed by atoms with van der Waals surface area (Å²) >= 11 is 0.641. The zero-order valence-corrected chi connectivity index (χ0v) is 21.2. The van der Waals surface area contributed by atoms with Gasteiger partial charge in [-0.2, -0.15) is 13.2 Å². The molecule has 194 valence electrons. The van der Waals surface area contributed by atoms with Gasteiger partial charge in [0, 0.05) is 0 Å². The first-order valence-corrected chi connectivity index (χ1v) is 12.9. The van der Waals surface area contributed by atoms with Crippen molar-refractivity contribution in [1.82, 2.24) is 8.96 Å². The van der Waals surface area contributed by atoms with E-state index in [1.165, 1.54) is 30.3 Å². The Kier molecular flexibility index (Phi) is 6.41. The number of pyridine rings is 1. The molecular formula is C24H19F3N2O6S2. The molecule has 0 saturated heterocycles. The van der Waals surface area contributed by atoms with E-state index in [4.69, 9.17) is 5.11 Å². The van der Waals surface area contributed by atoms with E-state index in [1.54, 1.807) is 6.07 Å². The number of hydrogen-bond acceptors (Lipinski definition) is 7. The van der Waals surface area contributed by atoms with Gasteiger partial charge in [0.05, 0.1) is 20.8 Å². The molecule has 1 N–H and O–H groups in total. The van der Waals surface area contributed by atoms with E-state index in [9.17, 15) is 31.2 Å². The number of carbonyl (C=O) groups is 2. The maximum Gasteiger partial charge on any atom is 0.512 e. The smallest absolute Gasteiger partial charge is 0.449 e. The number of hydrogen-bond donors (Lipinski definition) is 1. The Morgan fingerprint density at radius 1 is 1.03 bits per heavy atom. The van der Waals surface area contributed by atoms with Crippen LogP contribution in [0.15, 0.2) is 59.5 Å². The van der Waals surface area contributed by atoms with Crippen LogP contribution >= 0.6 is 11.3 Å². The van der Waals surface area contributed by atoms with Crippen LogP contribution in [0, 0.1) is 0 Å². The fourth-order valence-corrected chi connectivity index (χ4v) is 5.92. The van der Waals surface area contributed by atoms with E-state index in [0.717, 1.165) is 12.1 Å². The van der Waals surface area contributed by atoms with Gasteiger partial charge in [-0.05, 0) is 53.4 Å². The Hall–Kier alpha value is -3.71. The molecule has 1 aromatic carbocycles. The molecule has 13 heteroatoms. The number of thiophene rings is 1. The summed E-state index contributed by atoms with van der Waals surface area (Å²) in [5.74, 6) is -0.868. The van der Waals surface area contributed by atoms with Crippen LogP contribution in [0.4, 0.5) is 18.0 Å². The molecule has 3 aromatic heterocycles. The summed E-state index contributed by atoms with van der Waals surface area (Å²) in [6, 6.07) is 11.0. The molecule has 0 amide bonds. The van der Waals surface area contributed by atoms with Gasteiger partial charge >= 0.3 is 12.3 Å². The van der Waals surface area contributed by atoms with Crippen LogP contribution in [0.2, 0.25) is 0 Å². The molecule has 0 saturated carbocycles. The summed E-state index contributed by atoms with van der Waals surface area (Å²) in [5.41, 5.74) is -2.03. The van der Waals surface area contributed by atoms with E-state index >= 15 is 0 Å². The van der Waals surface area contributed by atoms with E-state index in [-0.39, 0.29) is 25.9 Å². The molecule has 0 unspecified atom stereocenters. The molecule has 3 heterocycles. The first-order valence-electron chi connectivity index (χ1n) is 10.6. The summed E-state index contributed by atoms with van der Waals surface area (Å²) < 4.78 is 72.7. The third-order valence-electron chi connectivity index (χ3n) is 5.37. The number of fused-ring (bicyclic) bond motifs is 1. The highest BCUT2D eigenvalue weighted by Gasteiger charge is 2.35. The van der Waals surface area contributed by atoms with Crippen molar-refractivity contribution in [1.29, 1.82) is 0 Å². The maximum atomic E-state index is 13.8. The van der Waals surface area contributed by atoms with Gasteiger partial charge in [-0.1, -0.05) is 44.2 Å². The molecule has 4 aromatic rings. The van der Waals surface area contributed by atoms with Crippen LogP contribution in [0.25, 0.3) is 11.0 Å². The Morgan fingerprint density at radius 2 is 1.73 bits per heavy atom. The molecule has 8 nitrogen and oxygen atoms in total. The lowest BCUT2D eigenvalue weighted by molar-refractivity contribution is -0.140. The molecule has 37 heavy (non-hydrogen) atoms. The summed E-state index contributed by atoms with van der Waals surface area (Å²) in [4.78, 5) is 27.5. The van der Waals surface area contributed by atoms with Gasteiger partial charge in [-0.3, -0.25) is 4.79 Å². The molecular weight excluding hydrogens is 533 g/mol. The lowest BCUT2D eigenvalue weighted by Gasteiger charge is -2.20. The largest absolute Gasteiger partial charge is 0.512 e. The van der Waals surface area contributed by atoms with Gasteiger partial charge in [0.25, 0.3) is 10.0 Å². The van der Waals surface area contributed by atoms with Crippen molar-refractivity contribution in [2.45, 2.75) is 37.3 Å². The van der Waals surface area contributed by atoms with Gasteiger partial charge in [-0.25, -0.2) is 22.2 Å². The molecule has 0 radical (unpaired) electrons. The standard InChI is InChI=1S/C24H19F3N2O6S2/c1-23(2,3)13-5-4-6-14(11-13)37(33,34)29-16-7-9-19(24(25,26)27)28-15(16)12-17(29)21(30)18-8-10-20(36-18)35-22(31)32/h4-12H,1-3H3,(H,31,32). The van der Waals surface area contributed by atoms with Gasteiger partial charge in [0.1, 0.15) is 11.4 Å². The first kappa shape index (κ1) is 26.4. The van der Waals surface area contributed by atoms with Crippen LogP contribution in [0.1, 0.15) is 47.4 Å². The highest BCUT2D eigenvalue weighted by Crippen LogP contribution is 2.34. The minimum atomic E-state index is -4.79. The molecule has 4 rings (SSSR count). The van der Waals surface area contributed by atoms with Crippen LogP contribution in [0.5, 0.6) is 5.06 Å². The summed E-state index contributed by atoms with van der Waals surface area (Å²) in [6.07, 6.45) is -6.41. The number of ether oxygens (including phenoxy) is 1. The number of nitrogens with zero attached hydrogens (tertiary/aromatic N) is 2. The van der Waals surface area contributed by atoms with Crippen molar-refractivity contribution in [3.8, 4) is 5.06 Å². The van der Waals surface area contributed by atoms with Crippen molar-refractivity contribution in [2.24, 2.45) is 0 Å². The summed E-state index contributed by atoms with van der Waals surface area (Å²) in [5, 5.41) is 8.65. The number of halogens is 3. The first-order chi connectivity index (χ1) is 17.1. The van der Waals surface area contributed by atoms with Gasteiger partial charge in [-0.15, -0.1) is 0 Å². The molecule has 0 aliphatic rings. The van der Waals surface area contributed by atoms with Crippen molar-refractivity contribution in [3.05, 3.63) is 76.4 Å². The minimum Gasteiger partial charge on any atom is -0.449 e. The van der Waals surface area contributed by atoms with Crippen LogP contribution in [-0.4, -0.2) is 34.4 Å². The van der Waals surface area contributed by atoms with E-state index < -0.39 is 44.9 Å². The quantitative estimate of drug-likeness (QED) is 0.241. The Bertz CT molecular complexity index is 1650. The molecule has 0 fully saturated rings. The van der Waals surface area contributed by atoms with Crippen molar-refractivity contribution < 1.29 is 41.0 Å². The lowest BCUT2D eigenvalue weighted by atomic mass is 9.87. The third kappa shape index (κ3) is 5.09. The van der Waals surface area contributed by atoms with Crippen LogP contribution in [-0.2, 0) is 21.6 Å². The molecule has 0 aliphatic carbocycles. The van der Waals surface area contributed by atoms with Crippen molar-refractivity contribution >= 4 is 44.3 Å². The monoisotopic (exact) mass is 552 g/mol. The number of ketones is 1. The normalized spacial score (nSPS) is 12.6.